The Labute approximate surface area is 142 Å². The molecule has 0 N–H and O–H groups in total. The van der Waals surface area contributed by atoms with Crippen molar-refractivity contribution in [2.75, 3.05) is 0 Å². The average Bonchev–Trinajstić information content (AvgIpc) is 3.00. The number of pyridine rings is 1. The van der Waals surface area contributed by atoms with E-state index in [-0.39, 0.29) is 11.0 Å². The van der Waals surface area contributed by atoms with E-state index in [0.29, 0.717) is 0 Å². The molecule has 1 nitrogen and oxygen atoms in total. The lowest BCUT2D eigenvalue weighted by Gasteiger charge is -2.45. The molecule has 118 valence electrons. The molecule has 0 aliphatic carbocycles. The van der Waals surface area contributed by atoms with E-state index in [1.165, 1.54) is 20.7 Å². The van der Waals surface area contributed by atoms with Crippen molar-refractivity contribution in [1.82, 2.24) is 0 Å². The maximum atomic E-state index is 2.54. The number of rotatable bonds is 2. The Bertz CT molecular complexity index is 894. The highest BCUT2D eigenvalue weighted by Gasteiger charge is 2.57. The van der Waals surface area contributed by atoms with Crippen molar-refractivity contribution in [3.63, 3.8) is 0 Å². The van der Waals surface area contributed by atoms with Crippen molar-refractivity contribution >= 4 is 21.4 Å². The van der Waals surface area contributed by atoms with Gasteiger partial charge in [-0.1, -0.05) is 32.0 Å². The van der Waals surface area contributed by atoms with Crippen LogP contribution in [0.15, 0.2) is 48.7 Å². The molecule has 2 atom stereocenters. The molecule has 0 saturated heterocycles. The first-order valence-corrected chi connectivity index (χ1v) is 9.42. The third-order valence-electron chi connectivity index (χ3n) is 6.36. The Morgan fingerprint density at radius 3 is 2.43 bits per heavy atom. The minimum Gasteiger partial charge on any atom is -0.192 e. The van der Waals surface area contributed by atoms with Crippen molar-refractivity contribution in [2.45, 2.75) is 51.5 Å². The van der Waals surface area contributed by atoms with E-state index >= 15 is 0 Å². The Kier molecular flexibility index (Phi) is 3.18. The SMILES string of the molecule is CCC1(C)c2c(sc3ccccc23)-c2cccc[n+]2C1(C)CC. The van der Waals surface area contributed by atoms with Crippen molar-refractivity contribution in [3.8, 4) is 10.6 Å². The lowest BCUT2D eigenvalue weighted by atomic mass is 9.61. The smallest absolute Gasteiger partial charge is 0.192 e. The summed E-state index contributed by atoms with van der Waals surface area (Å²) in [6.45, 7) is 9.59. The third kappa shape index (κ3) is 1.70. The zero-order valence-corrected chi connectivity index (χ0v) is 15.2. The summed E-state index contributed by atoms with van der Waals surface area (Å²) in [4.78, 5) is 1.46. The van der Waals surface area contributed by atoms with Crippen LogP contribution < -0.4 is 4.57 Å². The molecule has 0 spiro atoms. The first-order valence-electron chi connectivity index (χ1n) is 8.60. The normalized spacial score (nSPS) is 26.1. The van der Waals surface area contributed by atoms with Crippen LogP contribution in [0.4, 0.5) is 0 Å². The number of aromatic nitrogens is 1. The molecule has 2 heteroatoms. The van der Waals surface area contributed by atoms with Gasteiger partial charge in [-0.3, -0.25) is 0 Å². The molecule has 23 heavy (non-hydrogen) atoms. The average molecular weight is 322 g/mol. The molecule has 4 rings (SSSR count). The van der Waals surface area contributed by atoms with Gasteiger partial charge in [0.2, 0.25) is 5.69 Å². The van der Waals surface area contributed by atoms with E-state index in [2.05, 4.69) is 80.9 Å². The summed E-state index contributed by atoms with van der Waals surface area (Å²) in [6, 6.07) is 15.6. The van der Waals surface area contributed by atoms with Crippen LogP contribution >= 0.6 is 11.3 Å². The van der Waals surface area contributed by atoms with Crippen molar-refractivity contribution < 1.29 is 4.57 Å². The molecule has 3 heterocycles. The van der Waals surface area contributed by atoms with Crippen molar-refractivity contribution in [2.24, 2.45) is 0 Å². The van der Waals surface area contributed by atoms with Gasteiger partial charge < -0.3 is 0 Å². The topological polar surface area (TPSA) is 3.88 Å². The molecule has 2 unspecified atom stereocenters. The highest BCUT2D eigenvalue weighted by atomic mass is 32.1. The predicted octanol–water partition coefficient (Wildman–Crippen LogP) is 5.66. The van der Waals surface area contributed by atoms with Crippen molar-refractivity contribution in [1.29, 1.82) is 0 Å². The first-order chi connectivity index (χ1) is 11.1. The summed E-state index contributed by atoms with van der Waals surface area (Å²) in [6.07, 6.45) is 4.55. The van der Waals surface area contributed by atoms with Gasteiger partial charge >= 0.3 is 0 Å². The number of thiophene rings is 1. The van der Waals surface area contributed by atoms with Crippen LogP contribution in [0, 0.1) is 0 Å². The van der Waals surface area contributed by atoms with E-state index in [4.69, 9.17) is 0 Å². The lowest BCUT2D eigenvalue weighted by molar-refractivity contribution is -0.765. The zero-order chi connectivity index (χ0) is 16.2. The fourth-order valence-corrected chi connectivity index (χ4v) is 5.84. The lowest BCUT2D eigenvalue weighted by Crippen LogP contribution is -2.67. The van der Waals surface area contributed by atoms with Crippen LogP contribution in [-0.2, 0) is 11.0 Å². The molecule has 0 fully saturated rings. The molecule has 2 aromatic heterocycles. The van der Waals surface area contributed by atoms with E-state index in [0.717, 1.165) is 12.8 Å². The summed E-state index contributed by atoms with van der Waals surface area (Å²) in [5.41, 5.74) is 3.17. The second-order valence-electron chi connectivity index (χ2n) is 7.07. The Morgan fingerprint density at radius 2 is 1.70 bits per heavy atom. The van der Waals surface area contributed by atoms with E-state index in [1.807, 2.05) is 11.3 Å². The van der Waals surface area contributed by atoms with Crippen LogP contribution in [0.5, 0.6) is 0 Å². The molecule has 0 radical (unpaired) electrons. The van der Waals surface area contributed by atoms with Crippen LogP contribution in [0.25, 0.3) is 20.7 Å². The molecular formula is C21H24NS+. The molecule has 0 saturated carbocycles. The number of fused-ring (bicyclic) bond motifs is 5. The van der Waals surface area contributed by atoms with Gasteiger partial charge in [0.15, 0.2) is 11.7 Å². The first kappa shape index (κ1) is 14.9. The summed E-state index contributed by atoms with van der Waals surface area (Å²) in [5, 5.41) is 1.45. The monoisotopic (exact) mass is 322 g/mol. The van der Waals surface area contributed by atoms with Crippen molar-refractivity contribution in [3.05, 3.63) is 54.2 Å². The largest absolute Gasteiger partial charge is 0.223 e. The number of nitrogens with zero attached hydrogens (tertiary/aromatic N) is 1. The van der Waals surface area contributed by atoms with Gasteiger partial charge in [-0.15, -0.1) is 11.3 Å². The van der Waals surface area contributed by atoms with Gasteiger partial charge in [0, 0.05) is 30.2 Å². The van der Waals surface area contributed by atoms with Gasteiger partial charge in [-0.05, 0) is 36.4 Å². The minimum atomic E-state index is 0.0924. The van der Waals surface area contributed by atoms with E-state index in [9.17, 15) is 0 Å². The molecular weight excluding hydrogens is 298 g/mol. The molecule has 1 aromatic carbocycles. The molecule has 3 aromatic rings. The molecule has 0 amide bonds. The predicted molar refractivity (Wildman–Crippen MR) is 99.0 cm³/mol. The number of hydrogen-bond donors (Lipinski definition) is 0. The Hall–Kier alpha value is -1.67. The Morgan fingerprint density at radius 1 is 0.957 bits per heavy atom. The van der Waals surface area contributed by atoms with Crippen LogP contribution in [-0.4, -0.2) is 0 Å². The van der Waals surface area contributed by atoms with Crippen LogP contribution in [0.2, 0.25) is 0 Å². The third-order valence-corrected chi connectivity index (χ3v) is 7.55. The second kappa shape index (κ2) is 4.91. The highest BCUT2D eigenvalue weighted by molar-refractivity contribution is 7.22. The molecule has 1 aliphatic heterocycles. The van der Waals surface area contributed by atoms with Crippen LogP contribution in [0.1, 0.15) is 46.1 Å². The maximum absolute atomic E-state index is 2.54. The van der Waals surface area contributed by atoms with Gasteiger partial charge in [-0.2, -0.15) is 4.57 Å². The van der Waals surface area contributed by atoms with Crippen LogP contribution in [0.3, 0.4) is 0 Å². The number of hydrogen-bond acceptors (Lipinski definition) is 1. The van der Waals surface area contributed by atoms with Gasteiger partial charge in [0.05, 0.1) is 5.41 Å². The zero-order valence-electron chi connectivity index (χ0n) is 14.4. The maximum Gasteiger partial charge on any atom is 0.223 e. The van der Waals surface area contributed by atoms with E-state index < -0.39 is 0 Å². The van der Waals surface area contributed by atoms with E-state index in [1.54, 1.807) is 5.56 Å². The minimum absolute atomic E-state index is 0.0924. The summed E-state index contributed by atoms with van der Waals surface area (Å²) < 4.78 is 3.95. The highest BCUT2D eigenvalue weighted by Crippen LogP contribution is 2.54. The van der Waals surface area contributed by atoms with Gasteiger partial charge in [0.25, 0.3) is 0 Å². The fraction of sp³-hybridized carbons (Fsp3) is 0.381. The summed E-state index contributed by atoms with van der Waals surface area (Å²) >= 11 is 1.95. The Balaban J connectivity index is 2.20. The summed E-state index contributed by atoms with van der Waals surface area (Å²) in [5.74, 6) is 0. The van der Waals surface area contributed by atoms with Gasteiger partial charge in [-0.25, -0.2) is 0 Å². The van der Waals surface area contributed by atoms with Gasteiger partial charge in [0.1, 0.15) is 4.88 Å². The fourth-order valence-electron chi connectivity index (χ4n) is 4.49. The summed E-state index contributed by atoms with van der Waals surface area (Å²) in [7, 11) is 0. The quantitative estimate of drug-likeness (QED) is 0.536. The second-order valence-corrected chi connectivity index (χ2v) is 8.12. The molecule has 0 bridgehead atoms. The number of benzene rings is 1. The standard InChI is InChI=1S/C21H24NS/c1-5-20(3)18-15-11-7-8-13-17(15)23-19(18)16-12-9-10-14-22(16)21(20,4)6-2/h7-14H,5-6H2,1-4H3/q+1. The molecule has 1 aliphatic rings.